The van der Waals surface area contributed by atoms with E-state index >= 15 is 0 Å². The van der Waals surface area contributed by atoms with Crippen LogP contribution in [0.3, 0.4) is 0 Å². The molecule has 0 fully saturated rings. The van der Waals surface area contributed by atoms with Crippen LogP contribution < -0.4 is 4.90 Å². The summed E-state index contributed by atoms with van der Waals surface area (Å²) in [6.45, 7) is 2.73. The third-order valence-corrected chi connectivity index (χ3v) is 2.88. The van der Waals surface area contributed by atoms with Crippen molar-refractivity contribution in [1.82, 2.24) is 4.98 Å². The van der Waals surface area contributed by atoms with Gasteiger partial charge in [0.1, 0.15) is 11.6 Å². The molecule has 0 bridgehead atoms. The Balaban J connectivity index is 2.17. The van der Waals surface area contributed by atoms with Crippen molar-refractivity contribution in [3.05, 3.63) is 46.5 Å². The van der Waals surface area contributed by atoms with Gasteiger partial charge in [0.15, 0.2) is 0 Å². The monoisotopic (exact) mass is 280 g/mol. The predicted octanol–water partition coefficient (Wildman–Crippen LogP) is 3.38. The van der Waals surface area contributed by atoms with E-state index in [1.807, 2.05) is 37.2 Å². The van der Waals surface area contributed by atoms with Crippen LogP contribution in [-0.4, -0.2) is 12.0 Å². The van der Waals surface area contributed by atoms with Crippen molar-refractivity contribution >= 4 is 21.7 Å². The van der Waals surface area contributed by atoms with Gasteiger partial charge in [0.25, 0.3) is 0 Å². The molecule has 0 aromatic carbocycles. The largest absolute Gasteiger partial charge is 0.467 e. The average Bonchev–Trinajstić information content (AvgIpc) is 2.70. The zero-order valence-electron chi connectivity index (χ0n) is 9.27. The van der Waals surface area contributed by atoms with Crippen LogP contribution in [0.4, 0.5) is 5.82 Å². The second kappa shape index (κ2) is 4.70. The van der Waals surface area contributed by atoms with E-state index in [1.54, 1.807) is 6.26 Å². The van der Waals surface area contributed by atoms with Crippen LogP contribution in [0.1, 0.15) is 11.3 Å². The summed E-state index contributed by atoms with van der Waals surface area (Å²) in [5.74, 6) is 1.85. The Kier molecular flexibility index (Phi) is 3.29. The van der Waals surface area contributed by atoms with E-state index in [0.717, 1.165) is 21.6 Å². The summed E-state index contributed by atoms with van der Waals surface area (Å²) in [4.78, 5) is 6.44. The second-order valence-electron chi connectivity index (χ2n) is 3.75. The lowest BCUT2D eigenvalue weighted by atomic mass is 10.3. The van der Waals surface area contributed by atoms with Gasteiger partial charge in [-0.3, -0.25) is 0 Å². The van der Waals surface area contributed by atoms with Gasteiger partial charge >= 0.3 is 0 Å². The van der Waals surface area contributed by atoms with Crippen LogP contribution in [0, 0.1) is 6.92 Å². The van der Waals surface area contributed by atoms with Crippen molar-refractivity contribution in [3.8, 4) is 0 Å². The summed E-state index contributed by atoms with van der Waals surface area (Å²) in [5.41, 5.74) is 1.14. The lowest BCUT2D eigenvalue weighted by Gasteiger charge is -2.18. The number of rotatable bonds is 3. The fourth-order valence-corrected chi connectivity index (χ4v) is 2.28. The molecule has 84 valence electrons. The van der Waals surface area contributed by atoms with Gasteiger partial charge in [-0.25, -0.2) is 4.98 Å². The molecular formula is C12H13BrN2O. The van der Waals surface area contributed by atoms with Gasteiger partial charge < -0.3 is 9.32 Å². The number of aryl methyl sites for hydroxylation is 1. The van der Waals surface area contributed by atoms with Crippen molar-refractivity contribution in [3.63, 3.8) is 0 Å². The molecule has 3 nitrogen and oxygen atoms in total. The smallest absolute Gasteiger partial charge is 0.143 e. The third kappa shape index (κ3) is 2.44. The van der Waals surface area contributed by atoms with Crippen LogP contribution in [0.25, 0.3) is 0 Å². The van der Waals surface area contributed by atoms with Gasteiger partial charge in [-0.05, 0) is 46.6 Å². The normalized spacial score (nSPS) is 10.4. The number of furan rings is 1. The summed E-state index contributed by atoms with van der Waals surface area (Å²) in [7, 11) is 1.99. The summed E-state index contributed by atoms with van der Waals surface area (Å²) < 4.78 is 6.31. The number of hydrogen-bond acceptors (Lipinski definition) is 3. The maximum absolute atomic E-state index is 5.30. The molecule has 4 heteroatoms. The van der Waals surface area contributed by atoms with E-state index < -0.39 is 0 Å². The zero-order chi connectivity index (χ0) is 11.5. The number of aromatic nitrogens is 1. The van der Waals surface area contributed by atoms with Gasteiger partial charge in [-0.2, -0.15) is 0 Å². The van der Waals surface area contributed by atoms with Crippen molar-refractivity contribution in [2.24, 2.45) is 0 Å². The highest BCUT2D eigenvalue weighted by Crippen LogP contribution is 2.24. The molecule has 0 aliphatic rings. The first-order valence-electron chi connectivity index (χ1n) is 5.02. The molecule has 16 heavy (non-hydrogen) atoms. The minimum absolute atomic E-state index is 0.710. The van der Waals surface area contributed by atoms with E-state index in [0.29, 0.717) is 6.54 Å². The third-order valence-electron chi connectivity index (χ3n) is 2.29. The Bertz CT molecular complexity index is 468. The van der Waals surface area contributed by atoms with E-state index in [9.17, 15) is 0 Å². The Hall–Kier alpha value is -1.29. The highest BCUT2D eigenvalue weighted by Gasteiger charge is 2.09. The maximum Gasteiger partial charge on any atom is 0.143 e. The van der Waals surface area contributed by atoms with Gasteiger partial charge in [0.05, 0.1) is 17.3 Å². The van der Waals surface area contributed by atoms with Crippen molar-refractivity contribution < 1.29 is 4.42 Å². The number of anilines is 1. The minimum Gasteiger partial charge on any atom is -0.467 e. The fourth-order valence-electron chi connectivity index (χ4n) is 1.52. The SMILES string of the molecule is Cc1cnc(N(C)Cc2ccco2)c(Br)c1. The molecule has 0 radical (unpaired) electrons. The first-order valence-corrected chi connectivity index (χ1v) is 5.82. The molecule has 2 heterocycles. The summed E-state index contributed by atoms with van der Waals surface area (Å²) in [6.07, 6.45) is 3.54. The minimum atomic E-state index is 0.710. The fraction of sp³-hybridized carbons (Fsp3) is 0.250. The van der Waals surface area contributed by atoms with Gasteiger partial charge in [-0.1, -0.05) is 0 Å². The quantitative estimate of drug-likeness (QED) is 0.863. The van der Waals surface area contributed by atoms with Crippen LogP contribution >= 0.6 is 15.9 Å². The van der Waals surface area contributed by atoms with E-state index in [2.05, 4.69) is 27.0 Å². The molecule has 0 atom stereocenters. The number of nitrogens with zero attached hydrogens (tertiary/aromatic N) is 2. The average molecular weight is 281 g/mol. The predicted molar refractivity (Wildman–Crippen MR) is 67.5 cm³/mol. The molecule has 2 rings (SSSR count). The molecule has 0 unspecified atom stereocenters. The standard InChI is InChI=1S/C12H13BrN2O/c1-9-6-11(13)12(14-7-9)15(2)8-10-4-3-5-16-10/h3-7H,8H2,1-2H3. The van der Waals surface area contributed by atoms with Gasteiger partial charge in [0.2, 0.25) is 0 Å². The molecule has 0 saturated heterocycles. The van der Waals surface area contributed by atoms with Crippen LogP contribution in [0.5, 0.6) is 0 Å². The van der Waals surface area contributed by atoms with Crippen molar-refractivity contribution in [2.75, 3.05) is 11.9 Å². The highest BCUT2D eigenvalue weighted by atomic mass is 79.9. The van der Waals surface area contributed by atoms with E-state index in [1.165, 1.54) is 0 Å². The number of pyridine rings is 1. The molecule has 0 amide bonds. The topological polar surface area (TPSA) is 29.3 Å². The Labute approximate surface area is 103 Å². The van der Waals surface area contributed by atoms with Crippen molar-refractivity contribution in [1.29, 1.82) is 0 Å². The first kappa shape index (κ1) is 11.2. The zero-order valence-corrected chi connectivity index (χ0v) is 10.9. The first-order chi connectivity index (χ1) is 7.66. The molecule has 2 aromatic rings. The number of hydrogen-bond donors (Lipinski definition) is 0. The molecule has 0 saturated carbocycles. The summed E-state index contributed by atoms with van der Waals surface area (Å²) in [6, 6.07) is 5.90. The highest BCUT2D eigenvalue weighted by molar-refractivity contribution is 9.10. The molecule has 0 N–H and O–H groups in total. The lowest BCUT2D eigenvalue weighted by molar-refractivity contribution is 0.507. The summed E-state index contributed by atoms with van der Waals surface area (Å²) >= 11 is 3.52. The van der Waals surface area contributed by atoms with Crippen molar-refractivity contribution in [2.45, 2.75) is 13.5 Å². The van der Waals surface area contributed by atoms with E-state index in [4.69, 9.17) is 4.42 Å². The van der Waals surface area contributed by atoms with Crippen LogP contribution in [0.15, 0.2) is 39.5 Å². The van der Waals surface area contributed by atoms with Gasteiger partial charge in [0, 0.05) is 13.2 Å². The van der Waals surface area contributed by atoms with Crippen LogP contribution in [0.2, 0.25) is 0 Å². The lowest BCUT2D eigenvalue weighted by Crippen LogP contribution is -2.17. The molecule has 2 aromatic heterocycles. The molecule has 0 aliphatic carbocycles. The Morgan fingerprint density at radius 3 is 2.94 bits per heavy atom. The van der Waals surface area contributed by atoms with Gasteiger partial charge in [-0.15, -0.1) is 0 Å². The Morgan fingerprint density at radius 1 is 1.50 bits per heavy atom. The molecular weight excluding hydrogens is 268 g/mol. The summed E-state index contributed by atoms with van der Waals surface area (Å²) in [5, 5.41) is 0. The maximum atomic E-state index is 5.30. The van der Waals surface area contributed by atoms with E-state index in [-0.39, 0.29) is 0 Å². The second-order valence-corrected chi connectivity index (χ2v) is 4.61. The van der Waals surface area contributed by atoms with Crippen LogP contribution in [-0.2, 0) is 6.54 Å². The Morgan fingerprint density at radius 2 is 2.31 bits per heavy atom. The molecule has 0 aliphatic heterocycles. The number of halogens is 1. The molecule has 0 spiro atoms.